The zero-order valence-electron chi connectivity index (χ0n) is 13.9. The van der Waals surface area contributed by atoms with E-state index in [4.69, 9.17) is 0 Å². The minimum atomic E-state index is 0.0594. The highest BCUT2D eigenvalue weighted by Gasteiger charge is 2.35. The van der Waals surface area contributed by atoms with Gasteiger partial charge < -0.3 is 0 Å². The molecule has 0 unspecified atom stereocenters. The molecular weight excluding hydrogens is 331 g/mol. The van der Waals surface area contributed by atoms with Crippen LogP contribution in [0.3, 0.4) is 0 Å². The van der Waals surface area contributed by atoms with Gasteiger partial charge in [-0.15, -0.1) is 0 Å². The molecular formula is C20H22BBr. The first-order valence-corrected chi connectivity index (χ1v) is 8.79. The number of benzene rings is 2. The van der Waals surface area contributed by atoms with Crippen LogP contribution in [0.15, 0.2) is 41.4 Å². The zero-order chi connectivity index (χ0) is 16.1. The van der Waals surface area contributed by atoms with Crippen LogP contribution < -0.4 is 5.46 Å². The summed E-state index contributed by atoms with van der Waals surface area (Å²) in [6, 6.07) is 11.4. The van der Waals surface area contributed by atoms with Gasteiger partial charge in [-0.3, -0.25) is 0 Å². The topological polar surface area (TPSA) is 0 Å². The molecule has 3 rings (SSSR count). The first-order valence-electron chi connectivity index (χ1n) is 8.00. The smallest absolute Gasteiger partial charge is 0.0953 e. The number of allylic oxidation sites excluding steroid dienone is 1. The Labute approximate surface area is 143 Å². The van der Waals surface area contributed by atoms with Crippen molar-refractivity contribution in [3.63, 3.8) is 0 Å². The first-order chi connectivity index (χ1) is 10.4. The summed E-state index contributed by atoms with van der Waals surface area (Å²) in [5.41, 5.74) is 9.58. The molecule has 22 heavy (non-hydrogen) atoms. The molecule has 0 nitrogen and oxygen atoms in total. The number of hydrogen-bond donors (Lipinski definition) is 0. The molecule has 1 aliphatic rings. The Morgan fingerprint density at radius 3 is 2.50 bits per heavy atom. The highest BCUT2D eigenvalue weighted by atomic mass is 79.9. The van der Waals surface area contributed by atoms with Gasteiger partial charge in [0.15, 0.2) is 0 Å². The van der Waals surface area contributed by atoms with Crippen LogP contribution in [0.4, 0.5) is 0 Å². The van der Waals surface area contributed by atoms with Crippen molar-refractivity contribution in [2.24, 2.45) is 0 Å². The lowest BCUT2D eigenvalue weighted by Crippen LogP contribution is -2.19. The van der Waals surface area contributed by atoms with Crippen molar-refractivity contribution in [1.29, 1.82) is 0 Å². The van der Waals surface area contributed by atoms with E-state index in [1.807, 2.05) is 0 Å². The molecule has 2 heteroatoms. The van der Waals surface area contributed by atoms with Gasteiger partial charge in [-0.2, -0.15) is 0 Å². The van der Waals surface area contributed by atoms with Crippen LogP contribution in [0.2, 0.25) is 0 Å². The summed E-state index contributed by atoms with van der Waals surface area (Å²) in [5, 5.41) is 0. The Morgan fingerprint density at radius 2 is 1.82 bits per heavy atom. The molecule has 0 aliphatic heterocycles. The van der Waals surface area contributed by atoms with E-state index in [1.165, 1.54) is 38.9 Å². The Balaban J connectivity index is 2.24. The number of fused-ring (bicyclic) bond motifs is 3. The van der Waals surface area contributed by atoms with Gasteiger partial charge in [0.25, 0.3) is 0 Å². The van der Waals surface area contributed by atoms with Crippen molar-refractivity contribution in [1.82, 2.24) is 0 Å². The van der Waals surface area contributed by atoms with Crippen LogP contribution in [0, 0.1) is 0 Å². The Morgan fingerprint density at radius 1 is 1.14 bits per heavy atom. The van der Waals surface area contributed by atoms with E-state index in [1.54, 1.807) is 0 Å². The van der Waals surface area contributed by atoms with Crippen molar-refractivity contribution in [3.8, 4) is 11.1 Å². The second-order valence-corrected chi connectivity index (χ2v) is 7.80. The third-order valence-corrected chi connectivity index (χ3v) is 5.41. The van der Waals surface area contributed by atoms with E-state index in [2.05, 4.69) is 81.5 Å². The predicted molar refractivity (Wildman–Crippen MR) is 104 cm³/mol. The van der Waals surface area contributed by atoms with Crippen LogP contribution >= 0.6 is 15.9 Å². The summed E-state index contributed by atoms with van der Waals surface area (Å²) in [5.74, 6) is 0. The molecule has 0 spiro atoms. The molecule has 0 aromatic heterocycles. The molecule has 0 atom stereocenters. The van der Waals surface area contributed by atoms with E-state index in [0.29, 0.717) is 0 Å². The van der Waals surface area contributed by atoms with Gasteiger partial charge in [0.2, 0.25) is 0 Å². The van der Waals surface area contributed by atoms with Crippen LogP contribution in [0.1, 0.15) is 50.3 Å². The van der Waals surface area contributed by atoms with Crippen molar-refractivity contribution >= 4 is 34.8 Å². The summed E-state index contributed by atoms with van der Waals surface area (Å²) in [7, 11) is 2.21. The summed E-state index contributed by atoms with van der Waals surface area (Å²) >= 11 is 3.62. The average Bonchev–Trinajstić information content (AvgIpc) is 2.67. The molecule has 2 aromatic rings. The molecule has 0 radical (unpaired) electrons. The lowest BCUT2D eigenvalue weighted by Gasteiger charge is -2.23. The van der Waals surface area contributed by atoms with Crippen LogP contribution in [0.5, 0.6) is 0 Å². The number of halogens is 1. The van der Waals surface area contributed by atoms with Crippen molar-refractivity contribution in [2.75, 3.05) is 0 Å². The Kier molecular flexibility index (Phi) is 3.85. The van der Waals surface area contributed by atoms with E-state index in [9.17, 15) is 0 Å². The molecule has 0 heterocycles. The third-order valence-electron chi connectivity index (χ3n) is 4.92. The fourth-order valence-electron chi connectivity index (χ4n) is 3.68. The molecule has 0 N–H and O–H groups in total. The minimum absolute atomic E-state index is 0.0594. The molecule has 0 amide bonds. The predicted octanol–water partition coefficient (Wildman–Crippen LogP) is 4.83. The second kappa shape index (κ2) is 5.42. The quantitative estimate of drug-likeness (QED) is 0.694. The molecule has 0 bridgehead atoms. The normalized spacial score (nSPS) is 14.5. The molecule has 0 saturated carbocycles. The molecule has 112 valence electrons. The lowest BCUT2D eigenvalue weighted by atomic mass is 9.77. The summed E-state index contributed by atoms with van der Waals surface area (Å²) in [4.78, 5) is 0. The lowest BCUT2D eigenvalue weighted by molar-refractivity contribution is 0.660. The second-order valence-electron chi connectivity index (χ2n) is 6.88. The van der Waals surface area contributed by atoms with Crippen molar-refractivity contribution in [2.45, 2.75) is 39.0 Å². The number of rotatable bonds is 3. The summed E-state index contributed by atoms with van der Waals surface area (Å²) in [6.45, 7) is 11.2. The molecule has 0 saturated heterocycles. The monoisotopic (exact) mass is 352 g/mol. The van der Waals surface area contributed by atoms with Gasteiger partial charge in [0, 0.05) is 9.89 Å². The van der Waals surface area contributed by atoms with Crippen LogP contribution in [-0.2, 0) is 5.41 Å². The summed E-state index contributed by atoms with van der Waals surface area (Å²) < 4.78 is 1.15. The van der Waals surface area contributed by atoms with E-state index >= 15 is 0 Å². The number of hydrogen-bond acceptors (Lipinski definition) is 0. The maximum atomic E-state index is 4.30. The fraction of sp³-hybridized carbons (Fsp3) is 0.300. The van der Waals surface area contributed by atoms with Gasteiger partial charge in [-0.25, -0.2) is 0 Å². The van der Waals surface area contributed by atoms with Gasteiger partial charge in [0.1, 0.15) is 7.85 Å². The third kappa shape index (κ3) is 2.29. The maximum Gasteiger partial charge on any atom is 0.140 e. The minimum Gasteiger partial charge on any atom is -0.0953 e. The van der Waals surface area contributed by atoms with Crippen LogP contribution in [-0.4, -0.2) is 7.85 Å². The highest BCUT2D eigenvalue weighted by Crippen LogP contribution is 2.49. The maximum absolute atomic E-state index is 4.30. The van der Waals surface area contributed by atoms with Gasteiger partial charge in [0.05, 0.1) is 0 Å². The highest BCUT2D eigenvalue weighted by molar-refractivity contribution is 9.10. The first kappa shape index (κ1) is 15.6. The summed E-state index contributed by atoms with van der Waals surface area (Å²) in [6.07, 6.45) is 2.21. The van der Waals surface area contributed by atoms with Gasteiger partial charge in [-0.1, -0.05) is 67.3 Å². The molecule has 1 aliphatic carbocycles. The Hall–Kier alpha value is -1.28. The molecule has 0 fully saturated rings. The van der Waals surface area contributed by atoms with Crippen LogP contribution in [0.25, 0.3) is 16.7 Å². The van der Waals surface area contributed by atoms with E-state index in [0.717, 1.165) is 17.3 Å². The van der Waals surface area contributed by atoms with Crippen molar-refractivity contribution < 1.29 is 0 Å². The van der Waals surface area contributed by atoms with E-state index < -0.39 is 0 Å². The van der Waals surface area contributed by atoms with Crippen molar-refractivity contribution in [3.05, 3.63) is 58.1 Å². The molecule has 2 aromatic carbocycles. The van der Waals surface area contributed by atoms with Gasteiger partial charge >= 0.3 is 0 Å². The van der Waals surface area contributed by atoms with Gasteiger partial charge in [-0.05, 0) is 58.0 Å². The van der Waals surface area contributed by atoms with E-state index in [-0.39, 0.29) is 5.41 Å². The Bertz CT molecular complexity index is 772. The SMILES string of the molecule is Bc1cc2c(cc1C(=C)CCC)-c1ccc(Br)cc1C2(C)C. The average molecular weight is 353 g/mol. The standard InChI is InChI=1S/C20H22BBr/c1-5-6-12(2)15-10-16-14-8-7-13(22)9-17(14)20(3,4)18(16)11-19(15)21/h7-11H,2,5-6,21H2,1,3-4H3. The largest absolute Gasteiger partial charge is 0.140 e. The fourth-order valence-corrected chi connectivity index (χ4v) is 4.04. The zero-order valence-corrected chi connectivity index (χ0v) is 15.5.